The first kappa shape index (κ1) is 62.7. The van der Waals surface area contributed by atoms with Crippen LogP contribution in [0.2, 0.25) is 0 Å². The summed E-state index contributed by atoms with van der Waals surface area (Å²) >= 11 is 0. The maximum atomic E-state index is 12.8. The zero-order valence-electron chi connectivity index (χ0n) is 43.0. The fourth-order valence-corrected chi connectivity index (χ4v) is 7.15. The lowest BCUT2D eigenvalue weighted by atomic mass is 10.0. The third kappa shape index (κ3) is 48.7. The van der Waals surface area contributed by atoms with Gasteiger partial charge >= 0.3 is 11.9 Å². The summed E-state index contributed by atoms with van der Waals surface area (Å²) in [7, 11) is 5.89. The molecule has 66 heavy (non-hydrogen) atoms. The summed E-state index contributed by atoms with van der Waals surface area (Å²) in [4.78, 5) is 37.1. The Bertz CT molecular complexity index is 1310. The summed E-state index contributed by atoms with van der Waals surface area (Å²) < 4.78 is 22.5. The van der Waals surface area contributed by atoms with Gasteiger partial charge in [0, 0.05) is 12.8 Å². The van der Waals surface area contributed by atoms with E-state index in [1.54, 1.807) is 0 Å². The number of aliphatic carboxylic acids is 1. The minimum atomic E-state index is -1.64. The highest BCUT2D eigenvalue weighted by Crippen LogP contribution is 2.16. The number of carbonyl (C=O) groups is 3. The number of ether oxygens (including phenoxy) is 4. The lowest BCUT2D eigenvalue weighted by Crippen LogP contribution is -2.44. The monoisotopic (exact) mass is 926 g/mol. The largest absolute Gasteiger partial charge is 0.545 e. The molecule has 0 N–H and O–H groups in total. The lowest BCUT2D eigenvalue weighted by Gasteiger charge is -2.26. The molecule has 9 nitrogen and oxygen atoms in total. The Morgan fingerprint density at radius 2 is 0.864 bits per heavy atom. The number of esters is 2. The molecule has 0 saturated carbocycles. The maximum absolute atomic E-state index is 12.8. The summed E-state index contributed by atoms with van der Waals surface area (Å²) in [6.45, 7) is 4.56. The lowest BCUT2D eigenvalue weighted by molar-refractivity contribution is -0.870. The van der Waals surface area contributed by atoms with Crippen LogP contribution in [0, 0.1) is 0 Å². The summed E-state index contributed by atoms with van der Waals surface area (Å²) in [5.41, 5.74) is 0. The number of rotatable bonds is 48. The number of nitrogens with zero attached hydrogens (tertiary/aromatic N) is 1. The van der Waals surface area contributed by atoms with Crippen LogP contribution in [-0.2, 0) is 33.3 Å². The predicted molar refractivity (Wildman–Crippen MR) is 274 cm³/mol. The second-order valence-corrected chi connectivity index (χ2v) is 18.8. The van der Waals surface area contributed by atoms with E-state index in [9.17, 15) is 19.5 Å². The topological polar surface area (TPSA) is 111 Å². The first-order valence-corrected chi connectivity index (χ1v) is 26.6. The zero-order valence-corrected chi connectivity index (χ0v) is 43.0. The van der Waals surface area contributed by atoms with Crippen LogP contribution in [-0.4, -0.2) is 82.3 Å². The van der Waals surface area contributed by atoms with Crippen molar-refractivity contribution in [1.82, 2.24) is 0 Å². The second-order valence-electron chi connectivity index (χ2n) is 18.8. The first-order chi connectivity index (χ1) is 32.1. The SMILES string of the molecule is CC/C=C\C/C=C\C/C=C\C/C=C\C/C=C\C/C=C\CCC(=O)OC(COC(=O)CCCCCCCCCCCCCCCCCCCCCCCC)COC(OCC[N+](C)(C)C)C(=O)[O-]. The van der Waals surface area contributed by atoms with Crippen molar-refractivity contribution in [3.05, 3.63) is 72.9 Å². The third-order valence-corrected chi connectivity index (χ3v) is 11.2. The van der Waals surface area contributed by atoms with Crippen molar-refractivity contribution in [2.75, 3.05) is 47.5 Å². The standard InChI is InChI=1S/C57H99NO8/c1-6-8-10-12-14-16-18-20-22-24-26-27-28-30-31-33-35-37-39-41-43-45-47-54(59)64-51-53(52-65-57(56(61)62)63-50-49-58(3,4)5)66-55(60)48-46-44-42-40-38-36-34-32-29-25-23-21-19-17-15-13-11-9-7-2/h9,11,15,17,21,23,29,32,36,38,42,44,53,57H,6-8,10,12-14,16,18-20,22,24-28,30-31,33-35,37,39-41,43,45-52H2,1-5H3/b11-9-,17-15-,23-21-,32-29-,38-36-,44-42-. The van der Waals surface area contributed by atoms with Crippen LogP contribution in [0.3, 0.4) is 0 Å². The van der Waals surface area contributed by atoms with E-state index in [2.05, 4.69) is 74.6 Å². The molecule has 9 heteroatoms. The van der Waals surface area contributed by atoms with Crippen molar-refractivity contribution < 1.29 is 42.9 Å². The van der Waals surface area contributed by atoms with E-state index in [0.29, 0.717) is 17.4 Å². The maximum Gasteiger partial charge on any atom is 0.306 e. The van der Waals surface area contributed by atoms with Crippen LogP contribution in [0.25, 0.3) is 0 Å². The van der Waals surface area contributed by atoms with Crippen LogP contribution in [0.15, 0.2) is 72.9 Å². The van der Waals surface area contributed by atoms with Gasteiger partial charge in [-0.15, -0.1) is 0 Å². The number of unbranched alkanes of at least 4 members (excludes halogenated alkanes) is 21. The Hall–Kier alpha value is -3.27. The molecule has 0 heterocycles. The van der Waals surface area contributed by atoms with Gasteiger partial charge in [-0.3, -0.25) is 9.59 Å². The molecule has 0 amide bonds. The number of hydrogen-bond acceptors (Lipinski definition) is 8. The van der Waals surface area contributed by atoms with E-state index in [1.807, 2.05) is 33.3 Å². The number of carboxylic acid groups (broad SMARTS) is 1. The van der Waals surface area contributed by atoms with Crippen LogP contribution < -0.4 is 5.11 Å². The molecule has 380 valence electrons. The predicted octanol–water partition coefficient (Wildman–Crippen LogP) is 13.7. The molecule has 0 bridgehead atoms. The minimum absolute atomic E-state index is 0.121. The van der Waals surface area contributed by atoms with Gasteiger partial charge < -0.3 is 33.3 Å². The zero-order chi connectivity index (χ0) is 48.4. The van der Waals surface area contributed by atoms with Crippen LogP contribution in [0.4, 0.5) is 0 Å². The van der Waals surface area contributed by atoms with Crippen LogP contribution in [0.5, 0.6) is 0 Å². The summed E-state index contributed by atoms with van der Waals surface area (Å²) in [6.07, 6.45) is 58.2. The van der Waals surface area contributed by atoms with E-state index in [4.69, 9.17) is 18.9 Å². The highest BCUT2D eigenvalue weighted by atomic mass is 16.7. The van der Waals surface area contributed by atoms with Gasteiger partial charge in [0.25, 0.3) is 0 Å². The van der Waals surface area contributed by atoms with Crippen LogP contribution in [0.1, 0.15) is 213 Å². The summed E-state index contributed by atoms with van der Waals surface area (Å²) in [5, 5.41) is 11.7. The summed E-state index contributed by atoms with van der Waals surface area (Å²) in [6, 6.07) is 0. The van der Waals surface area contributed by atoms with Gasteiger partial charge in [0.1, 0.15) is 13.2 Å². The number of allylic oxidation sites excluding steroid dienone is 12. The van der Waals surface area contributed by atoms with Gasteiger partial charge in [-0.05, 0) is 51.4 Å². The van der Waals surface area contributed by atoms with Crippen molar-refractivity contribution >= 4 is 17.9 Å². The average Bonchev–Trinajstić information content (AvgIpc) is 3.28. The van der Waals surface area contributed by atoms with Gasteiger partial charge in [-0.1, -0.05) is 222 Å². The summed E-state index contributed by atoms with van der Waals surface area (Å²) in [5.74, 6) is -2.39. The molecular formula is C57H99NO8. The number of likely N-dealkylation sites (N-methyl/N-ethyl adjacent to an activating group) is 1. The molecule has 2 unspecified atom stereocenters. The second kappa shape index (κ2) is 48.2. The van der Waals surface area contributed by atoms with Crippen molar-refractivity contribution in [1.29, 1.82) is 0 Å². The molecule has 0 rings (SSSR count). The highest BCUT2D eigenvalue weighted by Gasteiger charge is 2.21. The number of hydrogen-bond donors (Lipinski definition) is 0. The smallest absolute Gasteiger partial charge is 0.306 e. The molecule has 2 atom stereocenters. The third-order valence-electron chi connectivity index (χ3n) is 11.2. The quantitative estimate of drug-likeness (QED) is 0.0195. The van der Waals surface area contributed by atoms with E-state index >= 15 is 0 Å². The molecule has 0 saturated heterocycles. The normalized spacial score (nSPS) is 13.4. The Morgan fingerprint density at radius 1 is 0.470 bits per heavy atom. The van der Waals surface area contributed by atoms with E-state index in [-0.39, 0.29) is 38.6 Å². The van der Waals surface area contributed by atoms with Crippen molar-refractivity contribution in [3.8, 4) is 0 Å². The Labute approximate surface area is 405 Å². The van der Waals surface area contributed by atoms with Crippen LogP contribution >= 0.6 is 0 Å². The minimum Gasteiger partial charge on any atom is -0.545 e. The number of carboxylic acids is 1. The van der Waals surface area contributed by atoms with E-state index in [1.165, 1.54) is 122 Å². The van der Waals surface area contributed by atoms with Gasteiger partial charge in [-0.25, -0.2) is 0 Å². The highest BCUT2D eigenvalue weighted by molar-refractivity contribution is 5.70. The fourth-order valence-electron chi connectivity index (χ4n) is 7.15. The Kier molecular flexibility index (Phi) is 45.8. The van der Waals surface area contributed by atoms with Gasteiger partial charge in [0.15, 0.2) is 12.4 Å². The molecule has 0 aromatic rings. The van der Waals surface area contributed by atoms with Crippen molar-refractivity contribution in [2.24, 2.45) is 0 Å². The fraction of sp³-hybridized carbons (Fsp3) is 0.737. The molecule has 0 aromatic heterocycles. The van der Waals surface area contributed by atoms with E-state index < -0.39 is 24.3 Å². The molecule has 0 spiro atoms. The number of quaternary nitrogens is 1. The van der Waals surface area contributed by atoms with Crippen molar-refractivity contribution in [3.63, 3.8) is 0 Å². The van der Waals surface area contributed by atoms with Gasteiger partial charge in [0.2, 0.25) is 0 Å². The molecule has 0 fully saturated rings. The van der Waals surface area contributed by atoms with Gasteiger partial charge in [-0.2, -0.15) is 0 Å². The first-order valence-electron chi connectivity index (χ1n) is 26.6. The molecule has 0 aromatic carbocycles. The molecule has 0 aliphatic heterocycles. The molecule has 0 radical (unpaired) electrons. The Balaban J connectivity index is 4.39. The number of carbonyl (C=O) groups excluding carboxylic acids is 3. The Morgan fingerprint density at radius 3 is 1.26 bits per heavy atom. The molecule has 0 aliphatic carbocycles. The molecule has 0 aliphatic rings. The van der Waals surface area contributed by atoms with E-state index in [0.717, 1.165) is 57.8 Å². The van der Waals surface area contributed by atoms with Gasteiger partial charge in [0.05, 0.1) is 40.3 Å². The average molecular weight is 926 g/mol. The molecular weight excluding hydrogens is 827 g/mol. The van der Waals surface area contributed by atoms with Crippen molar-refractivity contribution in [2.45, 2.75) is 225 Å².